The molecule has 3 aliphatic rings. The van der Waals surface area contributed by atoms with Gasteiger partial charge in [0.25, 0.3) is 5.91 Å². The maximum atomic E-state index is 15.1. The Balaban J connectivity index is 0.00000162. The maximum absolute atomic E-state index is 15.1. The van der Waals surface area contributed by atoms with Gasteiger partial charge >= 0.3 is 53.7 Å². The predicted molar refractivity (Wildman–Crippen MR) is 458 cm³/mol. The fourth-order valence-electron chi connectivity index (χ4n) is 16.4. The molecule has 4 amide bonds. The summed E-state index contributed by atoms with van der Waals surface area (Å²) in [5.41, 5.74) is 1.29. The van der Waals surface area contributed by atoms with Crippen LogP contribution in [0.5, 0.6) is 0 Å². The van der Waals surface area contributed by atoms with Crippen molar-refractivity contribution in [3.05, 3.63) is 59.7 Å². The van der Waals surface area contributed by atoms with E-state index in [-0.39, 0.29) is 112 Å². The zero-order valence-corrected chi connectivity index (χ0v) is 77.1. The molecule has 2 aromatic rings. The number of imide groups is 1. The minimum atomic E-state index is -1.70. The quantitative estimate of drug-likeness (QED) is 0.00765. The van der Waals surface area contributed by atoms with Crippen LogP contribution in [0.2, 0.25) is 0 Å². The SMILES string of the molecule is CC(C)CN.CCC(C)(C)C1C(=O)OC(=O)C1C.CCO.CCOC(=O)C(C(CC(C)(C)C1C(=O)OC(=O)C1C)C(=O)O)C(C)(C)CC(C(=O)O)C(C(=O)NCC(C)C)C(C)(C)CC1C(=O)N(CC(C)C)C(=O)C1C(C)(C)CC(C(=O)O)C(C(=O)OCCNC(=O)c1ccc(N(C)C)cc1)C(C)(C)CC.CN(C)c1ccc(C(=O)CCCO)cc1. The third-order valence-corrected chi connectivity index (χ3v) is 23.5. The summed E-state index contributed by atoms with van der Waals surface area (Å²) in [7, 11) is 7.66. The van der Waals surface area contributed by atoms with Crippen LogP contribution in [0, 0.1) is 121 Å². The van der Waals surface area contributed by atoms with E-state index in [0.29, 0.717) is 36.3 Å². The van der Waals surface area contributed by atoms with E-state index in [1.54, 1.807) is 100 Å². The first-order valence-electron chi connectivity index (χ1n) is 42.2. The van der Waals surface area contributed by atoms with E-state index in [0.717, 1.165) is 29.2 Å². The molecule has 9 N–H and O–H groups in total. The summed E-state index contributed by atoms with van der Waals surface area (Å²) in [6.45, 7) is 42.6. The number of amides is 4. The average Bonchev–Trinajstić information content (AvgIpc) is 1.54. The number of nitrogens with one attached hydrogen (secondary N) is 2. The van der Waals surface area contributed by atoms with Gasteiger partial charge in [-0.1, -0.05) is 165 Å². The number of anilines is 2. The van der Waals surface area contributed by atoms with Gasteiger partial charge in [-0.15, -0.1) is 0 Å². The number of nitrogens with zero attached hydrogens (tertiary/aromatic N) is 3. The Hall–Kier alpha value is -8.70. The molecule has 120 heavy (non-hydrogen) atoms. The number of aliphatic hydroxyl groups is 2. The van der Waals surface area contributed by atoms with Crippen molar-refractivity contribution in [1.29, 1.82) is 0 Å². The molecule has 0 aliphatic carbocycles. The summed E-state index contributed by atoms with van der Waals surface area (Å²) in [6, 6.07) is 14.4. The smallest absolute Gasteiger partial charge is 0.318 e. The standard InChI is InChI=1S/C63H98N4O17.C12H17NO2.C10H16O3.C4H11N.C2H6O/c1-20-59(8,9)46(57(80)83-27-26-64-48(68)37-22-24-38(25-23-37)66(18)19)41(53(74)75)31-62(14,15)45-39(50(70)67(51(45)71)33-35(5)6)28-61(12,13)44(49(69)65-32-34(3)4)40(52(72)73)29-63(16,17)47(56(79)82-21-2)42(54(76)77)30-60(10,11)43-36(7)55(78)84-58(43)81;1-13(2)11-7-5-10(6-8-11)12(15)4-3-9-14;1-5-10(3,4)7-6(2)8(11)13-9(7)12;1-4(2)3-5;1-2-3/h22-25,34-36,39-47H,20-21,26-33H2,1-19H3,(H,64,68)(H,65,69)(H,72,73)(H,74,75)(H,76,77);5-8,14H,3-4,9H2,1-2H3;6-7H,5H2,1-4H3;4H,3,5H2,1-2H3;3H,2H2,1H3. The van der Waals surface area contributed by atoms with E-state index in [2.05, 4.69) is 29.2 Å². The topological polar surface area (TPSA) is 437 Å². The predicted octanol–water partition coefficient (Wildman–Crippen LogP) is 12.1. The van der Waals surface area contributed by atoms with Crippen LogP contribution in [0.4, 0.5) is 11.4 Å². The number of benzene rings is 2. The molecule has 29 heteroatoms. The Bertz CT molecular complexity index is 3750. The fourth-order valence-corrected chi connectivity index (χ4v) is 16.4. The van der Waals surface area contributed by atoms with Crippen LogP contribution in [0.1, 0.15) is 238 Å². The molecular formula is C91H148N6O23. The lowest BCUT2D eigenvalue weighted by molar-refractivity contribution is -0.168. The fraction of sp³-hybridized carbons (Fsp3) is 0.714. The van der Waals surface area contributed by atoms with Crippen molar-refractivity contribution in [2.75, 3.05) is 90.6 Å². The van der Waals surface area contributed by atoms with E-state index in [4.69, 9.17) is 30.2 Å². The normalized spacial score (nSPS) is 19.1. The first-order valence-corrected chi connectivity index (χ1v) is 42.2. The number of cyclic esters (lactones) is 4. The van der Waals surface area contributed by atoms with Gasteiger partial charge in [0, 0.05) is 83.4 Å². The number of carboxylic acids is 3. The third kappa shape index (κ3) is 31.3. The molecule has 3 fully saturated rings. The number of aliphatic hydroxyl groups excluding tert-OH is 2. The number of hydrogen-bond donors (Lipinski definition) is 8. The summed E-state index contributed by atoms with van der Waals surface area (Å²) in [5, 5.41) is 55.3. The van der Waals surface area contributed by atoms with Gasteiger partial charge in [-0.2, -0.15) is 0 Å². The van der Waals surface area contributed by atoms with Crippen molar-refractivity contribution in [3.63, 3.8) is 0 Å². The number of carbonyl (C=O) groups excluding carboxylic acids is 11. The number of nitrogens with two attached hydrogens (primary N) is 1. The van der Waals surface area contributed by atoms with E-state index < -0.39 is 158 Å². The molecule has 0 aromatic heterocycles. The summed E-state index contributed by atoms with van der Waals surface area (Å²) >= 11 is 0. The van der Waals surface area contributed by atoms with E-state index in [1.165, 1.54) is 27.7 Å². The number of esters is 6. The molecule has 0 spiro atoms. The molecule has 3 saturated heterocycles. The number of hydrogen-bond acceptors (Lipinski definition) is 23. The van der Waals surface area contributed by atoms with Crippen LogP contribution in [0.3, 0.4) is 0 Å². The molecule has 0 saturated carbocycles. The van der Waals surface area contributed by atoms with Crippen molar-refractivity contribution in [3.8, 4) is 0 Å². The Morgan fingerprint density at radius 2 is 0.925 bits per heavy atom. The van der Waals surface area contributed by atoms with Gasteiger partial charge in [-0.05, 0) is 151 Å². The molecule has 12 atom stereocenters. The number of Topliss-reactive ketones (excluding diaryl/α,β-unsaturated/α-hetero) is 1. The van der Waals surface area contributed by atoms with Crippen molar-refractivity contribution in [2.45, 2.75) is 218 Å². The highest BCUT2D eigenvalue weighted by atomic mass is 16.6. The van der Waals surface area contributed by atoms with Crippen molar-refractivity contribution < 1.29 is 112 Å². The number of ketones is 1. The number of carbonyl (C=O) groups is 14. The lowest BCUT2D eigenvalue weighted by atomic mass is 9.57. The Morgan fingerprint density at radius 3 is 1.29 bits per heavy atom. The number of rotatable bonds is 41. The molecule has 3 heterocycles. The monoisotopic (exact) mass is 1690 g/mol. The van der Waals surface area contributed by atoms with Gasteiger partial charge in [0.05, 0.1) is 84.2 Å². The highest BCUT2D eigenvalue weighted by Gasteiger charge is 2.61. The molecule has 2 aromatic carbocycles. The van der Waals surface area contributed by atoms with Crippen LogP contribution >= 0.6 is 0 Å². The second-order valence-electron chi connectivity index (χ2n) is 37.9. The number of aliphatic carboxylic acids is 3. The first-order chi connectivity index (χ1) is 55.3. The summed E-state index contributed by atoms with van der Waals surface area (Å²) in [5.74, 6) is -24.8. The minimum absolute atomic E-state index is 0.0164. The van der Waals surface area contributed by atoms with Crippen molar-refractivity contribution in [2.24, 2.45) is 127 Å². The Morgan fingerprint density at radius 1 is 0.517 bits per heavy atom. The van der Waals surface area contributed by atoms with Crippen LogP contribution in [-0.2, 0) is 76.5 Å². The van der Waals surface area contributed by atoms with Gasteiger partial charge in [-0.3, -0.25) is 72.0 Å². The van der Waals surface area contributed by atoms with Crippen LogP contribution in [-0.4, -0.2) is 194 Å². The van der Waals surface area contributed by atoms with E-state index >= 15 is 9.59 Å². The maximum Gasteiger partial charge on any atom is 0.318 e. The highest BCUT2D eigenvalue weighted by Crippen LogP contribution is 2.55. The summed E-state index contributed by atoms with van der Waals surface area (Å²) in [6.07, 6.45) is 0.667. The van der Waals surface area contributed by atoms with Crippen LogP contribution < -0.4 is 26.2 Å². The van der Waals surface area contributed by atoms with E-state index in [9.17, 15) is 72.9 Å². The summed E-state index contributed by atoms with van der Waals surface area (Å²) < 4.78 is 20.8. The largest absolute Gasteiger partial charge is 0.481 e. The number of ether oxygens (including phenoxy) is 4. The van der Waals surface area contributed by atoms with Gasteiger partial charge in [0.15, 0.2) is 5.78 Å². The minimum Gasteiger partial charge on any atom is -0.481 e. The summed E-state index contributed by atoms with van der Waals surface area (Å²) in [4.78, 5) is 193. The van der Waals surface area contributed by atoms with Crippen LogP contribution in [0.25, 0.3) is 0 Å². The third-order valence-electron chi connectivity index (χ3n) is 23.5. The van der Waals surface area contributed by atoms with Gasteiger partial charge < -0.3 is 70.6 Å². The highest BCUT2D eigenvalue weighted by molar-refractivity contribution is 6.06. The molecular weight excluding hydrogens is 1550 g/mol. The Kier molecular flexibility index (Phi) is 43.9. The second kappa shape index (κ2) is 48.2. The zero-order chi connectivity index (χ0) is 93.0. The van der Waals surface area contributed by atoms with Crippen molar-refractivity contribution >= 4 is 94.5 Å². The van der Waals surface area contributed by atoms with E-state index in [1.807, 2.05) is 111 Å². The first kappa shape index (κ1) is 109. The zero-order valence-electron chi connectivity index (χ0n) is 77.1. The molecule has 5 rings (SSSR count). The van der Waals surface area contributed by atoms with Gasteiger partial charge in [0.1, 0.15) is 6.61 Å². The van der Waals surface area contributed by atoms with Crippen LogP contribution in [0.15, 0.2) is 48.5 Å². The molecule has 0 radical (unpaired) electrons. The van der Waals surface area contributed by atoms with Crippen molar-refractivity contribution in [1.82, 2.24) is 15.5 Å². The second-order valence-corrected chi connectivity index (χ2v) is 37.9. The Labute approximate surface area is 713 Å². The molecule has 680 valence electrons. The number of carboxylic acid groups (broad SMARTS) is 3. The lowest BCUT2D eigenvalue weighted by Crippen LogP contribution is -2.51. The van der Waals surface area contributed by atoms with Gasteiger partial charge in [0.2, 0.25) is 17.7 Å². The average molecular weight is 1690 g/mol. The molecule has 0 bridgehead atoms. The molecule has 29 nitrogen and oxygen atoms in total. The van der Waals surface area contributed by atoms with Gasteiger partial charge in [-0.25, -0.2) is 0 Å². The number of likely N-dealkylation sites (tertiary alicyclic amines) is 1. The lowest BCUT2D eigenvalue weighted by Gasteiger charge is -2.45. The molecule has 12 unspecified atom stereocenters. The molecule has 3 aliphatic heterocycles.